The van der Waals surface area contributed by atoms with Crippen LogP contribution >= 0.6 is 24.8 Å². The maximum atomic E-state index is 5.48. The third kappa shape index (κ3) is 1.73. The molecule has 0 bridgehead atoms. The van der Waals surface area contributed by atoms with E-state index in [9.17, 15) is 0 Å². The lowest BCUT2D eigenvalue weighted by Gasteiger charge is -1.90. The van der Waals surface area contributed by atoms with Gasteiger partial charge in [0.2, 0.25) is 0 Å². The zero-order chi connectivity index (χ0) is 6.97. The van der Waals surface area contributed by atoms with E-state index in [1.54, 1.807) is 0 Å². The Kier molecular flexibility index (Phi) is 4.60. The zero-order valence-corrected chi connectivity index (χ0v) is 8.30. The van der Waals surface area contributed by atoms with Gasteiger partial charge < -0.3 is 5.73 Å². The van der Waals surface area contributed by atoms with E-state index in [4.69, 9.17) is 5.73 Å². The number of nitrogens with zero attached hydrogens (tertiary/aromatic N) is 1. The monoisotopic (exact) mass is 209 g/mol. The summed E-state index contributed by atoms with van der Waals surface area (Å²) < 4.78 is 0. The highest BCUT2D eigenvalue weighted by atomic mass is 35.5. The summed E-state index contributed by atoms with van der Waals surface area (Å²) in [6.07, 6.45) is 3.58. The van der Waals surface area contributed by atoms with Crippen LogP contribution in [0.3, 0.4) is 0 Å². The highest BCUT2D eigenvalue weighted by molar-refractivity contribution is 5.85. The fourth-order valence-electron chi connectivity index (χ4n) is 1.56. The summed E-state index contributed by atoms with van der Waals surface area (Å²) in [4.78, 5) is 0. The van der Waals surface area contributed by atoms with Crippen LogP contribution in [0.4, 0.5) is 0 Å². The SMILES string of the molecule is Cl.Cl.NCc1n[nH]c2c1CCC2. The van der Waals surface area contributed by atoms with Gasteiger partial charge in [-0.25, -0.2) is 0 Å². The minimum atomic E-state index is 0. The molecule has 12 heavy (non-hydrogen) atoms. The van der Waals surface area contributed by atoms with E-state index in [-0.39, 0.29) is 24.8 Å². The topological polar surface area (TPSA) is 54.7 Å². The molecular formula is C7H13Cl2N3. The standard InChI is InChI=1S/C7H11N3.2ClH/c8-4-7-5-2-1-3-6(5)9-10-7;;/h1-4,8H2,(H,9,10);2*1H. The summed E-state index contributed by atoms with van der Waals surface area (Å²) in [5, 5.41) is 7.11. The third-order valence-electron chi connectivity index (χ3n) is 2.09. The predicted molar refractivity (Wildman–Crippen MR) is 53.0 cm³/mol. The van der Waals surface area contributed by atoms with E-state index < -0.39 is 0 Å². The normalized spacial score (nSPS) is 13.1. The smallest absolute Gasteiger partial charge is 0.0792 e. The lowest BCUT2D eigenvalue weighted by molar-refractivity contribution is 0.833. The highest BCUT2D eigenvalue weighted by Crippen LogP contribution is 2.21. The number of nitrogens with one attached hydrogen (secondary N) is 1. The van der Waals surface area contributed by atoms with Crippen molar-refractivity contribution in [3.63, 3.8) is 0 Å². The molecule has 1 aromatic heterocycles. The largest absolute Gasteiger partial charge is 0.325 e. The Morgan fingerprint density at radius 1 is 1.33 bits per heavy atom. The van der Waals surface area contributed by atoms with Gasteiger partial charge in [-0.2, -0.15) is 5.10 Å². The van der Waals surface area contributed by atoms with Crippen LogP contribution < -0.4 is 5.73 Å². The van der Waals surface area contributed by atoms with Gasteiger partial charge in [-0.05, 0) is 24.8 Å². The van der Waals surface area contributed by atoms with Crippen molar-refractivity contribution in [2.45, 2.75) is 25.8 Å². The van der Waals surface area contributed by atoms with Crippen LogP contribution in [0.15, 0.2) is 0 Å². The number of rotatable bonds is 1. The molecule has 0 aliphatic heterocycles. The molecule has 1 aliphatic carbocycles. The van der Waals surface area contributed by atoms with Gasteiger partial charge in [-0.3, -0.25) is 5.10 Å². The fourth-order valence-corrected chi connectivity index (χ4v) is 1.56. The van der Waals surface area contributed by atoms with E-state index in [0.717, 1.165) is 12.1 Å². The van der Waals surface area contributed by atoms with Crippen LogP contribution in [0, 0.1) is 0 Å². The van der Waals surface area contributed by atoms with Crippen LogP contribution in [-0.2, 0) is 19.4 Å². The molecule has 0 radical (unpaired) electrons. The van der Waals surface area contributed by atoms with Crippen molar-refractivity contribution in [1.29, 1.82) is 0 Å². The molecule has 1 aliphatic rings. The van der Waals surface area contributed by atoms with Crippen LogP contribution in [0.1, 0.15) is 23.4 Å². The molecule has 0 aromatic carbocycles. The average Bonchev–Trinajstić information content (AvgIpc) is 2.44. The molecule has 5 heteroatoms. The Bertz CT molecular complexity index is 247. The van der Waals surface area contributed by atoms with Gasteiger partial charge in [0.05, 0.1) is 5.69 Å². The Hall–Kier alpha value is -0.250. The van der Waals surface area contributed by atoms with Gasteiger partial charge in [-0.15, -0.1) is 24.8 Å². The van der Waals surface area contributed by atoms with Crippen LogP contribution in [0.5, 0.6) is 0 Å². The summed E-state index contributed by atoms with van der Waals surface area (Å²) in [6, 6.07) is 0. The second-order valence-electron chi connectivity index (χ2n) is 2.69. The molecule has 0 atom stereocenters. The van der Waals surface area contributed by atoms with Crippen LogP contribution in [0.2, 0.25) is 0 Å². The molecule has 0 unspecified atom stereocenters. The number of nitrogens with two attached hydrogens (primary N) is 1. The fraction of sp³-hybridized carbons (Fsp3) is 0.571. The first kappa shape index (κ1) is 11.8. The minimum absolute atomic E-state index is 0. The summed E-state index contributed by atoms with van der Waals surface area (Å²) in [6.45, 7) is 0.575. The number of aromatic nitrogens is 2. The number of hydrogen-bond donors (Lipinski definition) is 2. The second kappa shape index (κ2) is 4.70. The molecule has 0 spiro atoms. The number of halogens is 2. The van der Waals surface area contributed by atoms with Crippen molar-refractivity contribution < 1.29 is 0 Å². The van der Waals surface area contributed by atoms with Crippen LogP contribution in [-0.4, -0.2) is 10.2 Å². The zero-order valence-electron chi connectivity index (χ0n) is 6.67. The van der Waals surface area contributed by atoms with E-state index in [1.807, 2.05) is 0 Å². The number of aryl methyl sites for hydroxylation is 1. The van der Waals surface area contributed by atoms with E-state index in [2.05, 4.69) is 10.2 Å². The maximum Gasteiger partial charge on any atom is 0.0792 e. The van der Waals surface area contributed by atoms with Gasteiger partial charge in [-0.1, -0.05) is 0 Å². The van der Waals surface area contributed by atoms with Crippen molar-refractivity contribution in [3.05, 3.63) is 17.0 Å². The molecule has 0 saturated carbocycles. The summed E-state index contributed by atoms with van der Waals surface area (Å²) in [7, 11) is 0. The summed E-state index contributed by atoms with van der Waals surface area (Å²) in [5.74, 6) is 0. The Morgan fingerprint density at radius 2 is 2.08 bits per heavy atom. The summed E-state index contributed by atoms with van der Waals surface area (Å²) >= 11 is 0. The van der Waals surface area contributed by atoms with E-state index in [0.29, 0.717) is 6.54 Å². The molecule has 1 heterocycles. The lowest BCUT2D eigenvalue weighted by Crippen LogP contribution is -1.99. The number of hydrogen-bond acceptors (Lipinski definition) is 2. The maximum absolute atomic E-state index is 5.48. The Morgan fingerprint density at radius 3 is 2.75 bits per heavy atom. The molecule has 3 N–H and O–H groups in total. The average molecular weight is 210 g/mol. The molecule has 0 saturated heterocycles. The molecule has 3 nitrogen and oxygen atoms in total. The second-order valence-corrected chi connectivity index (χ2v) is 2.69. The number of H-pyrrole nitrogens is 1. The third-order valence-corrected chi connectivity index (χ3v) is 2.09. The predicted octanol–water partition coefficient (Wildman–Crippen LogP) is 1.20. The van der Waals surface area contributed by atoms with E-state index in [1.165, 1.54) is 24.1 Å². The van der Waals surface area contributed by atoms with Crippen molar-refractivity contribution >= 4 is 24.8 Å². The molecule has 0 amide bonds. The lowest BCUT2D eigenvalue weighted by atomic mass is 10.2. The first-order valence-corrected chi connectivity index (χ1v) is 3.67. The Labute approximate surface area is 83.9 Å². The first-order valence-electron chi connectivity index (χ1n) is 3.67. The molecule has 0 fully saturated rings. The minimum Gasteiger partial charge on any atom is -0.325 e. The highest BCUT2D eigenvalue weighted by Gasteiger charge is 2.16. The Balaban J connectivity index is 0.000000605. The van der Waals surface area contributed by atoms with Crippen molar-refractivity contribution in [2.75, 3.05) is 0 Å². The molecule has 2 rings (SSSR count). The van der Waals surface area contributed by atoms with Gasteiger partial charge in [0.15, 0.2) is 0 Å². The van der Waals surface area contributed by atoms with Crippen molar-refractivity contribution in [1.82, 2.24) is 10.2 Å². The number of fused-ring (bicyclic) bond motifs is 1. The van der Waals surface area contributed by atoms with Crippen molar-refractivity contribution in [3.8, 4) is 0 Å². The quantitative estimate of drug-likeness (QED) is 0.731. The van der Waals surface area contributed by atoms with E-state index >= 15 is 0 Å². The van der Waals surface area contributed by atoms with Crippen molar-refractivity contribution in [2.24, 2.45) is 5.73 Å². The van der Waals surface area contributed by atoms with Gasteiger partial charge in [0.1, 0.15) is 0 Å². The molecule has 70 valence electrons. The van der Waals surface area contributed by atoms with Gasteiger partial charge in [0.25, 0.3) is 0 Å². The first-order chi connectivity index (χ1) is 4.92. The molecular weight excluding hydrogens is 197 g/mol. The number of aromatic amines is 1. The molecule has 1 aromatic rings. The van der Waals surface area contributed by atoms with Crippen LogP contribution in [0.25, 0.3) is 0 Å². The van der Waals surface area contributed by atoms with Gasteiger partial charge in [0, 0.05) is 12.2 Å². The summed E-state index contributed by atoms with van der Waals surface area (Å²) in [5.41, 5.74) is 9.23. The van der Waals surface area contributed by atoms with Gasteiger partial charge >= 0.3 is 0 Å².